The van der Waals surface area contributed by atoms with E-state index in [1.54, 1.807) is 57.3 Å². The summed E-state index contributed by atoms with van der Waals surface area (Å²) in [6, 6.07) is 1.73. The van der Waals surface area contributed by atoms with E-state index < -0.39 is 286 Å². The van der Waals surface area contributed by atoms with Gasteiger partial charge in [-0.25, -0.2) is 109 Å². The van der Waals surface area contributed by atoms with Gasteiger partial charge in [0.25, 0.3) is 22.2 Å². The van der Waals surface area contributed by atoms with Crippen molar-refractivity contribution in [1.82, 2.24) is 48.6 Å². The first-order chi connectivity index (χ1) is 62.4. The molecule has 0 amide bonds. The standard InChI is InChI=1S/2C14H19F2N2O14P3.2C12H16F2N3O14P3/c2*1-7-6-9(19)17-13(21)18(7)12-14(16,4-3-5-15)11(20)10(29-12)8(2)30-34(25,26)32-35(27,28)31-33(22,23)24;2*1-6(29-33(24,25)31-34(26,27)30-32(21,22)23)8-9(19)12(14,3-2-4-13)10(28-8)17-11(20)16-7(18)5-15-17/h2*6,8,10-12,20H,5H2,1-2H3,(H,25,26)(H,27,28)(H,17,19,21)(H2,22,23,24);2*5-6,8-10,19H,4H2,1H3,(H,24,25)(H,26,27)(H,16,18,20)(H2,21,22,23)/t8-,10+,11-,12+,14?;8-,10-,11+,12-,14?;6-,8+,9-,10+,12?;6-,8-,9+,10-,12?/m0101/s1. The van der Waals surface area contributed by atoms with E-state index in [2.05, 4.69) is 62.8 Å². The molecule has 0 aliphatic carbocycles. The fourth-order valence-electron chi connectivity index (χ4n) is 11.6. The molecule has 4 aliphatic heterocycles. The van der Waals surface area contributed by atoms with Crippen LogP contribution in [0, 0.1) is 61.2 Å². The second-order valence-corrected chi connectivity index (χ2v) is 44.2. The maximum atomic E-state index is 15.8. The highest BCUT2D eigenvalue weighted by molar-refractivity contribution is 7.68. The van der Waals surface area contributed by atoms with Crippen molar-refractivity contribution < 1.29 is 260 Å². The van der Waals surface area contributed by atoms with Crippen LogP contribution in [-0.4, -0.2) is 270 Å². The maximum absolute atomic E-state index is 15.8. The van der Waals surface area contributed by atoms with Crippen molar-refractivity contribution in [1.29, 1.82) is 0 Å². The van der Waals surface area contributed by atoms with Crippen LogP contribution in [0.25, 0.3) is 0 Å². The van der Waals surface area contributed by atoms with Crippen molar-refractivity contribution in [2.75, 3.05) is 26.7 Å². The Kier molecular flexibility index (Phi) is 41.0. The highest BCUT2D eigenvalue weighted by atomic mass is 31.3. The highest BCUT2D eigenvalue weighted by Crippen LogP contribution is 2.71. The number of aliphatic hydroxyl groups excluding tert-OH is 4. The van der Waals surface area contributed by atoms with Gasteiger partial charge in [-0.05, 0) is 41.5 Å². The van der Waals surface area contributed by atoms with Gasteiger partial charge in [0.2, 0.25) is 35.1 Å². The van der Waals surface area contributed by atoms with Crippen LogP contribution in [-0.2, 0) is 126 Å². The zero-order valence-corrected chi connectivity index (χ0v) is 78.8. The number of alkyl halides is 8. The molecule has 8 rings (SSSR count). The van der Waals surface area contributed by atoms with Crippen LogP contribution in [0.15, 0.2) is 62.9 Å². The first-order valence-corrected chi connectivity index (χ1v) is 53.2. The molecule has 0 aromatic carbocycles. The van der Waals surface area contributed by atoms with E-state index in [0.717, 1.165) is 39.8 Å². The van der Waals surface area contributed by atoms with Gasteiger partial charge >= 0.3 is 117 Å². The normalized spacial score (nSPS) is 29.2. The van der Waals surface area contributed by atoms with Gasteiger partial charge in [-0.2, -0.15) is 54.0 Å². The van der Waals surface area contributed by atoms with Gasteiger partial charge in [0, 0.05) is 23.5 Å². The Hall–Kier alpha value is -6.42. The molecule has 0 bridgehead atoms. The number of nitrogens with zero attached hydrogens (tertiary/aromatic N) is 6. The zero-order valence-electron chi connectivity index (χ0n) is 68.1. The summed E-state index contributed by atoms with van der Waals surface area (Å²) in [6.45, 7) is 0.262. The topological polar surface area (TPSA) is 1000 Å². The van der Waals surface area contributed by atoms with Gasteiger partial charge in [-0.15, -0.1) is 0 Å². The summed E-state index contributed by atoms with van der Waals surface area (Å²) in [5.41, 5.74) is -22.3. The number of hydrogen-bond donors (Lipinski definition) is 24. The lowest BCUT2D eigenvalue weighted by atomic mass is 9.94. The van der Waals surface area contributed by atoms with Crippen LogP contribution in [0.3, 0.4) is 0 Å². The smallest absolute Gasteiger partial charge is 0.386 e. The van der Waals surface area contributed by atoms with Crippen LogP contribution in [0.4, 0.5) is 35.1 Å². The molecule has 24 N–H and O–H groups in total. The maximum Gasteiger partial charge on any atom is 0.490 e. The SMILES string of the molecule is C[C@@H](OP(=O)(O)OP(=O)(O)OP(=O)(O)O)[C@H]1O[C@@H](n2ncc(=O)[nH]c2=O)C(F)(C#CCF)[C@H]1O.C[C@H](OP(=O)(O)OP(=O)(O)OP(=O)(O)O)[C@H]1O[C@@H](n2ncc(=O)[nH]c2=O)C(F)(C#CCF)[C@H]1O.Cc1cc(=O)[nH]c(=O)n1[C@@H]1O[C@H]([C@@H](C)OP(=O)(O)OP(=O)(O)OP(=O)(O)O)[C@H](O)C1(F)C#CCF.Cc1cc(=O)[nH]c(=O)n1[C@@H]1O[C@H]([C@H](C)OP(=O)(O)OP(=O)(O)OP(=O)(O)O)[C@H](O)C1(F)C#CCF. The number of aliphatic hydroxyl groups is 4. The summed E-state index contributed by atoms with van der Waals surface area (Å²) in [6.07, 6.45) is -33.2. The second kappa shape index (κ2) is 46.3. The third kappa shape index (κ3) is 33.8. The lowest BCUT2D eigenvalue weighted by Crippen LogP contribution is -2.47. The minimum Gasteiger partial charge on any atom is -0.386 e. The van der Waals surface area contributed by atoms with E-state index >= 15 is 17.6 Å². The number of halogens is 8. The molecule has 4 saturated heterocycles. The minimum absolute atomic E-state index is 0.179. The lowest BCUT2D eigenvalue weighted by Gasteiger charge is -2.25. The van der Waals surface area contributed by atoms with Gasteiger partial charge in [0.05, 0.1) is 24.4 Å². The molecule has 4 aliphatic rings. The fourth-order valence-corrected chi connectivity index (χ4v) is 24.4. The van der Waals surface area contributed by atoms with Gasteiger partial charge in [-0.3, -0.25) is 66.3 Å². The molecular weight excluding hydrogens is 2180 g/mol. The molecular formula is C52H70F8N10O56P12. The monoisotopic (exact) mass is 2250 g/mol. The number of aromatic nitrogens is 10. The number of nitrogens with one attached hydrogen (secondary N) is 4. The number of aromatic amines is 4. The number of phosphoric ester groups is 4. The number of rotatable bonds is 32. The van der Waals surface area contributed by atoms with E-state index in [1.165, 1.54) is 13.8 Å². The first kappa shape index (κ1) is 122. The molecule has 0 radical (unpaired) electrons. The van der Waals surface area contributed by atoms with E-state index in [-0.39, 0.29) is 20.8 Å². The van der Waals surface area contributed by atoms with Crippen molar-refractivity contribution in [3.8, 4) is 47.4 Å². The minimum atomic E-state index is -5.88. The van der Waals surface area contributed by atoms with E-state index in [0.29, 0.717) is 21.5 Å². The zero-order chi connectivity index (χ0) is 106. The summed E-state index contributed by atoms with van der Waals surface area (Å²) in [5.74, 6) is 13.7. The molecule has 4 fully saturated rings. The highest BCUT2D eigenvalue weighted by Gasteiger charge is 2.66. The molecule has 0 spiro atoms. The Morgan fingerprint density at radius 1 is 0.341 bits per heavy atom. The molecule has 138 heavy (non-hydrogen) atoms. The lowest BCUT2D eigenvalue weighted by molar-refractivity contribution is -0.0830. The van der Waals surface area contributed by atoms with Crippen LogP contribution in [0.2, 0.25) is 0 Å². The Morgan fingerprint density at radius 3 is 0.725 bits per heavy atom. The van der Waals surface area contributed by atoms with Gasteiger partial charge in [-0.1, -0.05) is 47.4 Å². The molecule has 4 aromatic heterocycles. The summed E-state index contributed by atoms with van der Waals surface area (Å²) in [7, 11) is -69.1. The Morgan fingerprint density at radius 2 is 0.536 bits per heavy atom. The van der Waals surface area contributed by atoms with Crippen molar-refractivity contribution in [2.45, 2.75) is 162 Å². The average Bonchev–Trinajstić information content (AvgIpc) is 1.60. The van der Waals surface area contributed by atoms with Crippen LogP contribution >= 0.6 is 93.9 Å². The quantitative estimate of drug-likeness (QED) is 0.0127. The molecule has 12 unspecified atom stereocenters. The number of phosphoric acid groups is 12. The van der Waals surface area contributed by atoms with Gasteiger partial charge in [0.15, 0.2) is 12.5 Å². The van der Waals surface area contributed by atoms with Gasteiger partial charge in [0.1, 0.15) is 87.9 Å². The van der Waals surface area contributed by atoms with Crippen LogP contribution < -0.4 is 45.0 Å². The van der Waals surface area contributed by atoms with Crippen LogP contribution in [0.1, 0.15) is 64.0 Å². The van der Waals surface area contributed by atoms with Crippen LogP contribution in [0.5, 0.6) is 0 Å². The van der Waals surface area contributed by atoms with Crippen molar-refractivity contribution in [2.24, 2.45) is 0 Å². The number of ether oxygens (including phenoxy) is 4. The van der Waals surface area contributed by atoms with Crippen molar-refractivity contribution in [3.05, 3.63) is 119 Å². The number of hydrogen-bond acceptors (Lipinski definition) is 42. The Bertz CT molecular complexity index is 6200. The van der Waals surface area contributed by atoms with E-state index in [9.17, 15) is 170 Å². The average molecular weight is 2250 g/mol. The fraction of sp³-hybridized carbons (Fsp3) is 0.577. The third-order valence-electron chi connectivity index (χ3n) is 16.4. The first-order valence-electron chi connectivity index (χ1n) is 35.1. The molecule has 780 valence electrons. The molecule has 66 nitrogen and oxygen atoms in total. The van der Waals surface area contributed by atoms with Gasteiger partial charge < -0.3 is 118 Å². The molecule has 86 heteroatoms. The van der Waals surface area contributed by atoms with E-state index in [4.69, 9.17) is 58.1 Å². The summed E-state index contributed by atoms with van der Waals surface area (Å²) >= 11 is 0. The van der Waals surface area contributed by atoms with Crippen molar-refractivity contribution >= 4 is 93.9 Å². The van der Waals surface area contributed by atoms with Crippen molar-refractivity contribution in [3.63, 3.8) is 0 Å². The molecule has 28 atom stereocenters. The largest absolute Gasteiger partial charge is 0.490 e. The summed E-state index contributed by atoms with van der Waals surface area (Å²) in [5, 5.41) is 48.5. The number of H-pyrrole nitrogens is 4. The molecule has 4 aromatic rings. The number of aryl methyl sites for hydroxylation is 2. The molecule has 8 heterocycles. The van der Waals surface area contributed by atoms with E-state index in [1.807, 2.05) is 9.97 Å². The molecule has 0 saturated carbocycles. The third-order valence-corrected chi connectivity index (χ3v) is 32.1. The second-order valence-electron chi connectivity index (χ2n) is 26.7. The Labute approximate surface area is 755 Å². The predicted molar refractivity (Wildman–Crippen MR) is 418 cm³/mol. The Balaban J connectivity index is 0.000000325. The predicted octanol–water partition coefficient (Wildman–Crippen LogP) is -3.76. The summed E-state index contributed by atoms with van der Waals surface area (Å²) in [4.78, 5) is 245. The summed E-state index contributed by atoms with van der Waals surface area (Å²) < 4.78 is 318.